The van der Waals surface area contributed by atoms with Crippen LogP contribution in [0.15, 0.2) is 47.4 Å². The summed E-state index contributed by atoms with van der Waals surface area (Å²) in [6, 6.07) is 7.90. The Labute approximate surface area is 139 Å². The predicted octanol–water partition coefficient (Wildman–Crippen LogP) is 4.63. The number of carbonyl (C=O) groups is 1. The van der Waals surface area contributed by atoms with Gasteiger partial charge in [0.1, 0.15) is 0 Å². The van der Waals surface area contributed by atoms with Crippen molar-refractivity contribution in [1.29, 1.82) is 5.26 Å². The summed E-state index contributed by atoms with van der Waals surface area (Å²) in [6.07, 6.45) is 14.7. The van der Waals surface area contributed by atoms with E-state index in [0.717, 1.165) is 5.56 Å². The van der Waals surface area contributed by atoms with E-state index in [1.54, 1.807) is 0 Å². The molecule has 23 heavy (non-hydrogen) atoms. The van der Waals surface area contributed by atoms with Crippen molar-refractivity contribution in [3.05, 3.63) is 53.6 Å². The molecule has 1 aliphatic heterocycles. The van der Waals surface area contributed by atoms with Crippen LogP contribution < -0.4 is 0 Å². The molecule has 4 rings (SSSR count). The third kappa shape index (κ3) is 2.42. The van der Waals surface area contributed by atoms with Crippen molar-refractivity contribution >= 4 is 21.1 Å². The first-order valence-electron chi connectivity index (χ1n) is 8.33. The summed E-state index contributed by atoms with van der Waals surface area (Å²) in [5.41, 5.74) is 1.37. The van der Waals surface area contributed by atoms with Crippen molar-refractivity contribution in [2.24, 2.45) is 5.92 Å². The molecule has 3 heteroatoms. The van der Waals surface area contributed by atoms with E-state index in [4.69, 9.17) is 0 Å². The molecule has 0 spiro atoms. The summed E-state index contributed by atoms with van der Waals surface area (Å²) in [4.78, 5) is 15.4. The van der Waals surface area contributed by atoms with Crippen LogP contribution in [0.1, 0.15) is 48.0 Å². The molecule has 116 valence electrons. The summed E-state index contributed by atoms with van der Waals surface area (Å²) in [5, 5.41) is 9.83. The van der Waals surface area contributed by atoms with Crippen LogP contribution in [0, 0.1) is 17.2 Å². The highest BCUT2D eigenvalue weighted by Gasteiger charge is 2.35. The number of rotatable bonds is 1. The van der Waals surface area contributed by atoms with Crippen molar-refractivity contribution in [3.63, 3.8) is 0 Å². The average Bonchev–Trinajstić information content (AvgIpc) is 2.63. The molecule has 2 atom stereocenters. The lowest BCUT2D eigenvalue weighted by Crippen LogP contribution is -2.30. The van der Waals surface area contributed by atoms with E-state index in [1.807, 2.05) is 30.4 Å². The van der Waals surface area contributed by atoms with Gasteiger partial charge in [0.2, 0.25) is 0 Å². The van der Waals surface area contributed by atoms with E-state index in [0.29, 0.717) is 10.8 Å². The highest BCUT2D eigenvalue weighted by Crippen LogP contribution is 2.48. The number of hydrogen-bond donors (Lipinski definition) is 0. The van der Waals surface area contributed by atoms with Crippen LogP contribution >= 0.6 is 10.5 Å². The lowest BCUT2D eigenvalue weighted by atomic mass is 9.90. The van der Waals surface area contributed by atoms with Crippen LogP contribution in [-0.2, 0) is 0 Å². The van der Waals surface area contributed by atoms with Crippen LogP contribution in [0.25, 0.3) is 0 Å². The van der Waals surface area contributed by atoms with Gasteiger partial charge in [0.25, 0.3) is 0 Å². The number of carbonyl (C=O) groups excluding carboxylic acids is 1. The molecule has 0 amide bonds. The molecule has 0 radical (unpaired) electrons. The molecule has 2 aliphatic carbocycles. The van der Waals surface area contributed by atoms with E-state index in [1.165, 1.54) is 41.9 Å². The molecule has 1 saturated carbocycles. The minimum absolute atomic E-state index is 0.00513. The molecule has 0 bridgehead atoms. The van der Waals surface area contributed by atoms with E-state index < -0.39 is 0 Å². The van der Waals surface area contributed by atoms with Gasteiger partial charge >= 0.3 is 0 Å². The molecular weight excluding hydrogens is 302 g/mol. The van der Waals surface area contributed by atoms with Gasteiger partial charge in [-0.2, -0.15) is 5.26 Å². The fourth-order valence-electron chi connectivity index (χ4n) is 3.90. The summed E-state index contributed by atoms with van der Waals surface area (Å²) >= 11 is 0. The second-order valence-corrected chi connectivity index (χ2v) is 8.66. The SMILES string of the molecule is N#Cc1ccc2c(c1)C(=O)C1C=CC=CC1=S2C1CCCCC1. The molecule has 0 N–H and O–H groups in total. The first kappa shape index (κ1) is 14.7. The quantitative estimate of drug-likeness (QED) is 0.708. The zero-order chi connectivity index (χ0) is 15.8. The Morgan fingerprint density at radius 3 is 2.74 bits per heavy atom. The third-order valence-electron chi connectivity index (χ3n) is 5.01. The maximum absolute atomic E-state index is 12.9. The molecular formula is C20H19NOS. The Balaban J connectivity index is 1.93. The number of hydrogen-bond acceptors (Lipinski definition) is 2. The smallest absolute Gasteiger partial charge is 0.175 e. The Morgan fingerprint density at radius 1 is 1.13 bits per heavy atom. The number of Topliss-reactive ketones (excluding diaryl/α,β-unsaturated/α-hetero) is 1. The molecule has 2 nitrogen and oxygen atoms in total. The molecule has 3 aliphatic rings. The van der Waals surface area contributed by atoms with E-state index in [2.05, 4.69) is 18.2 Å². The predicted molar refractivity (Wildman–Crippen MR) is 95.0 cm³/mol. The molecule has 1 heterocycles. The van der Waals surface area contributed by atoms with Gasteiger partial charge in [-0.1, -0.05) is 43.6 Å². The van der Waals surface area contributed by atoms with Crippen molar-refractivity contribution < 1.29 is 4.79 Å². The highest BCUT2D eigenvalue weighted by molar-refractivity contribution is 8.17. The van der Waals surface area contributed by atoms with Crippen LogP contribution in [0.3, 0.4) is 0 Å². The lowest BCUT2D eigenvalue weighted by molar-refractivity contribution is 0.0969. The van der Waals surface area contributed by atoms with Crippen molar-refractivity contribution in [1.82, 2.24) is 0 Å². The fraction of sp³-hybridized carbons (Fsp3) is 0.350. The number of fused-ring (bicyclic) bond motifs is 2. The van der Waals surface area contributed by atoms with Crippen LogP contribution in [0.2, 0.25) is 0 Å². The van der Waals surface area contributed by atoms with E-state index in [-0.39, 0.29) is 22.2 Å². The van der Waals surface area contributed by atoms with Gasteiger partial charge in [0.15, 0.2) is 5.78 Å². The number of ketones is 1. The molecule has 2 unspecified atom stereocenters. The minimum Gasteiger partial charge on any atom is -0.293 e. The van der Waals surface area contributed by atoms with Gasteiger partial charge in [0.05, 0.1) is 17.6 Å². The van der Waals surface area contributed by atoms with Gasteiger partial charge in [-0.25, -0.2) is 0 Å². The Morgan fingerprint density at radius 2 is 1.96 bits per heavy atom. The minimum atomic E-state index is -0.119. The first-order chi connectivity index (χ1) is 11.3. The number of allylic oxidation sites excluding steroid dienone is 4. The average molecular weight is 321 g/mol. The van der Waals surface area contributed by atoms with Gasteiger partial charge in [-0.15, -0.1) is 10.5 Å². The number of benzene rings is 1. The number of nitriles is 1. The second-order valence-electron chi connectivity index (χ2n) is 6.41. The Kier molecular flexibility index (Phi) is 3.79. The largest absolute Gasteiger partial charge is 0.293 e. The van der Waals surface area contributed by atoms with E-state index >= 15 is 0 Å². The van der Waals surface area contributed by atoms with Crippen molar-refractivity contribution in [2.75, 3.05) is 0 Å². The summed E-state index contributed by atoms with van der Waals surface area (Å²) in [7, 11) is -0.00513. The van der Waals surface area contributed by atoms with Crippen LogP contribution in [-0.4, -0.2) is 15.9 Å². The monoisotopic (exact) mass is 321 g/mol. The molecule has 0 aromatic heterocycles. The Bertz CT molecular complexity index is 803. The highest BCUT2D eigenvalue weighted by atomic mass is 32.2. The van der Waals surface area contributed by atoms with Gasteiger partial charge in [-0.3, -0.25) is 4.79 Å². The maximum atomic E-state index is 12.9. The van der Waals surface area contributed by atoms with Gasteiger partial charge in [0, 0.05) is 15.7 Å². The third-order valence-corrected chi connectivity index (χ3v) is 7.88. The standard InChI is InChI=1S/C20H19NOS/c21-13-14-10-11-19-17(12-14)20(22)16-8-4-5-9-18(16)23(19)15-6-2-1-3-7-15/h4-5,8-12,15-16H,1-3,6-7H2. The maximum Gasteiger partial charge on any atom is 0.175 e. The second kappa shape index (κ2) is 5.94. The Hall–Kier alpha value is -1.92. The normalized spacial score (nSPS) is 26.6. The van der Waals surface area contributed by atoms with E-state index in [9.17, 15) is 10.1 Å². The van der Waals surface area contributed by atoms with Crippen molar-refractivity contribution in [2.45, 2.75) is 42.2 Å². The van der Waals surface area contributed by atoms with Crippen molar-refractivity contribution in [3.8, 4) is 6.07 Å². The number of nitrogens with zero attached hydrogens (tertiary/aromatic N) is 1. The molecule has 1 fully saturated rings. The molecule has 0 saturated heterocycles. The fourth-order valence-corrected chi connectivity index (χ4v) is 7.00. The molecule has 1 aromatic rings. The summed E-state index contributed by atoms with van der Waals surface area (Å²) < 4.78 is 0. The van der Waals surface area contributed by atoms with Crippen LogP contribution in [0.5, 0.6) is 0 Å². The van der Waals surface area contributed by atoms with Gasteiger partial charge < -0.3 is 0 Å². The van der Waals surface area contributed by atoms with Crippen LogP contribution in [0.4, 0.5) is 0 Å². The lowest BCUT2D eigenvalue weighted by Gasteiger charge is -2.35. The zero-order valence-corrected chi connectivity index (χ0v) is 13.8. The molecule has 1 aromatic carbocycles. The topological polar surface area (TPSA) is 40.9 Å². The zero-order valence-electron chi connectivity index (χ0n) is 13.0. The van der Waals surface area contributed by atoms with Gasteiger partial charge in [-0.05, 0) is 35.9 Å². The first-order valence-corrected chi connectivity index (χ1v) is 9.61. The summed E-state index contributed by atoms with van der Waals surface area (Å²) in [5.74, 6) is 0.0407. The summed E-state index contributed by atoms with van der Waals surface area (Å²) in [6.45, 7) is 0.